The normalized spacial score (nSPS) is 21.9. The number of nitrogens with zero attached hydrogens (tertiary/aromatic N) is 9. The van der Waals surface area contributed by atoms with Crippen molar-refractivity contribution < 1.29 is 29.0 Å². The maximum Gasteiger partial charge on any atom is 0.276 e. The molecular formula is C57H67N11O6. The van der Waals surface area contributed by atoms with Crippen LogP contribution in [-0.4, -0.2) is 122 Å². The first-order chi connectivity index (χ1) is 35.7. The Kier molecular flexibility index (Phi) is 13.0. The van der Waals surface area contributed by atoms with E-state index in [1.54, 1.807) is 28.3 Å². The third kappa shape index (κ3) is 8.76. The zero-order valence-electron chi connectivity index (χ0n) is 43.2. The Bertz CT molecular complexity index is 3070. The van der Waals surface area contributed by atoms with E-state index in [2.05, 4.69) is 74.1 Å². The lowest BCUT2D eigenvalue weighted by atomic mass is 9.90. The molecule has 17 nitrogen and oxygen atoms in total. The van der Waals surface area contributed by atoms with Crippen LogP contribution in [0.1, 0.15) is 121 Å². The lowest BCUT2D eigenvalue weighted by Crippen LogP contribution is -2.58. The average molecular weight is 1000 g/mol. The Morgan fingerprint density at radius 3 is 2.43 bits per heavy atom. The number of anilines is 6. The van der Waals surface area contributed by atoms with Gasteiger partial charge >= 0.3 is 0 Å². The van der Waals surface area contributed by atoms with Gasteiger partial charge in [-0.2, -0.15) is 0 Å². The van der Waals surface area contributed by atoms with Crippen molar-refractivity contribution in [2.75, 3.05) is 65.2 Å². The van der Waals surface area contributed by atoms with E-state index >= 15 is 0 Å². The Morgan fingerprint density at radius 2 is 1.68 bits per heavy atom. The van der Waals surface area contributed by atoms with Gasteiger partial charge in [0, 0.05) is 92.1 Å². The number of pyridine rings is 1. The van der Waals surface area contributed by atoms with E-state index in [1.165, 1.54) is 24.4 Å². The number of ether oxygens (including phenoxy) is 1. The van der Waals surface area contributed by atoms with E-state index in [4.69, 9.17) is 9.72 Å². The van der Waals surface area contributed by atoms with E-state index in [1.807, 2.05) is 42.5 Å². The molecule has 3 atom stereocenters. The third-order valence-electron chi connectivity index (χ3n) is 16.5. The topological polar surface area (TPSA) is 182 Å². The van der Waals surface area contributed by atoms with E-state index < -0.39 is 0 Å². The van der Waals surface area contributed by atoms with Gasteiger partial charge in [0.15, 0.2) is 5.82 Å². The molecule has 4 aliphatic heterocycles. The highest BCUT2D eigenvalue weighted by molar-refractivity contribution is 6.24. The Labute approximate surface area is 432 Å². The van der Waals surface area contributed by atoms with Crippen molar-refractivity contribution in [1.29, 1.82) is 0 Å². The number of benzene rings is 2. The summed E-state index contributed by atoms with van der Waals surface area (Å²) in [4.78, 5) is 79.4. The summed E-state index contributed by atoms with van der Waals surface area (Å²) >= 11 is 0. The quantitative estimate of drug-likeness (QED) is 0.0809. The molecule has 1 saturated carbocycles. The molecule has 3 aromatic heterocycles. The standard InChI is InChI=1S/C57H67N11O6/c1-7-49(70)61-43-28-37(60-51-53(74-6)59-31-44(62-51)40-18-20-58-52(42(40)33-69)67-25-24-66-47(55(67)72)27-36-29-57(4,5)30-48(36)66)16-17-45(43)65-23-22-63(32-35(65)3)39-19-21-64(34(2)26-39)46-15-11-14-41-50(46)56(73)68(54(41)71)38-12-9-8-10-13-38/h7,11,14-18,20,27-28,31,34-35,38-39,69H,1,8-10,12-13,19,21-26,29-30,32-33H2,2-6H3,(H,60,62)(H,61,70)/t34-,35-,39?/m0/s1. The Morgan fingerprint density at radius 1 is 0.865 bits per heavy atom. The van der Waals surface area contributed by atoms with Gasteiger partial charge in [0.2, 0.25) is 5.91 Å². The molecule has 11 rings (SSSR count). The second-order valence-electron chi connectivity index (χ2n) is 21.8. The summed E-state index contributed by atoms with van der Waals surface area (Å²) in [6, 6.07) is 16.0. The van der Waals surface area contributed by atoms with Gasteiger partial charge in [-0.05, 0) is 112 Å². The van der Waals surface area contributed by atoms with Gasteiger partial charge in [-0.3, -0.25) is 33.9 Å². The number of fused-ring (bicyclic) bond motifs is 4. The fourth-order valence-corrected chi connectivity index (χ4v) is 13.0. The summed E-state index contributed by atoms with van der Waals surface area (Å²) in [5.41, 5.74) is 8.83. The highest BCUT2D eigenvalue weighted by Crippen LogP contribution is 2.43. The van der Waals surface area contributed by atoms with Crippen molar-refractivity contribution >= 4 is 58.0 Å². The fourth-order valence-electron chi connectivity index (χ4n) is 13.0. The van der Waals surface area contributed by atoms with E-state index in [9.17, 15) is 24.3 Å². The SMILES string of the molecule is C=CC(=O)Nc1cc(Nc2nc(-c3ccnc(N4CCn5c(cc6c5CC(C)(C)C6)C4=O)c3CO)cnc2OC)ccc1N1CCN(C2CCN(c3cccc4c3C(=O)N(C3CCCCC3)C4=O)[C@@H](C)C2)C[C@@H]1C. The number of carbonyl (C=O) groups is 4. The van der Waals surface area contributed by atoms with Crippen molar-refractivity contribution in [3.05, 3.63) is 107 Å². The van der Waals surface area contributed by atoms with Gasteiger partial charge in [-0.25, -0.2) is 15.0 Å². The molecule has 2 aliphatic carbocycles. The number of aromatic nitrogens is 4. The van der Waals surface area contributed by atoms with Crippen molar-refractivity contribution in [2.24, 2.45) is 5.41 Å². The number of piperazine rings is 1. The number of piperidine rings is 1. The van der Waals surface area contributed by atoms with Crippen LogP contribution in [0.25, 0.3) is 11.3 Å². The molecule has 2 saturated heterocycles. The molecule has 7 heterocycles. The van der Waals surface area contributed by atoms with Crippen LogP contribution < -0.4 is 30.1 Å². The number of aliphatic hydroxyl groups is 1. The van der Waals surface area contributed by atoms with Crippen LogP contribution in [0.15, 0.2) is 73.6 Å². The van der Waals surface area contributed by atoms with Crippen LogP contribution in [0, 0.1) is 5.41 Å². The minimum atomic E-state index is -0.383. The molecule has 17 heteroatoms. The van der Waals surface area contributed by atoms with Gasteiger partial charge in [-0.15, -0.1) is 0 Å². The van der Waals surface area contributed by atoms with Crippen LogP contribution in [0.2, 0.25) is 0 Å². The summed E-state index contributed by atoms with van der Waals surface area (Å²) in [6.07, 6.45) is 13.2. The molecule has 0 radical (unpaired) electrons. The van der Waals surface area contributed by atoms with Gasteiger partial charge in [0.1, 0.15) is 11.5 Å². The zero-order chi connectivity index (χ0) is 51.6. The van der Waals surface area contributed by atoms with Gasteiger partial charge in [0.25, 0.3) is 23.6 Å². The second kappa shape index (κ2) is 19.6. The fraction of sp³-hybridized carbons (Fsp3) is 0.456. The molecule has 3 fully saturated rings. The minimum Gasteiger partial charge on any atom is -0.478 e. The van der Waals surface area contributed by atoms with Crippen molar-refractivity contribution in [2.45, 2.75) is 123 Å². The number of amides is 4. The largest absolute Gasteiger partial charge is 0.478 e. The molecule has 1 unspecified atom stereocenters. The van der Waals surface area contributed by atoms with Crippen LogP contribution in [0.3, 0.4) is 0 Å². The molecule has 5 aromatic rings. The number of rotatable bonds is 12. The molecule has 0 spiro atoms. The maximum atomic E-state index is 14.1. The van der Waals surface area contributed by atoms with E-state index in [0.29, 0.717) is 75.8 Å². The number of imide groups is 1. The van der Waals surface area contributed by atoms with Gasteiger partial charge in [0.05, 0.1) is 53.8 Å². The van der Waals surface area contributed by atoms with Crippen molar-refractivity contribution in [3.63, 3.8) is 0 Å². The summed E-state index contributed by atoms with van der Waals surface area (Å²) in [5.74, 6) is 0.163. The molecule has 2 aromatic carbocycles. The monoisotopic (exact) mass is 1000 g/mol. The number of hydrogen-bond acceptors (Lipinski definition) is 13. The number of nitrogens with one attached hydrogen (secondary N) is 2. The first-order valence-electron chi connectivity index (χ1n) is 26.4. The molecule has 386 valence electrons. The lowest BCUT2D eigenvalue weighted by Gasteiger charge is -2.48. The van der Waals surface area contributed by atoms with Gasteiger partial charge < -0.3 is 34.8 Å². The zero-order valence-corrected chi connectivity index (χ0v) is 43.2. The van der Waals surface area contributed by atoms with Gasteiger partial charge in [-0.1, -0.05) is 45.8 Å². The summed E-state index contributed by atoms with van der Waals surface area (Å²) < 4.78 is 7.84. The first-order valence-corrected chi connectivity index (χ1v) is 26.4. The van der Waals surface area contributed by atoms with E-state index in [0.717, 1.165) is 95.3 Å². The second-order valence-corrected chi connectivity index (χ2v) is 21.8. The van der Waals surface area contributed by atoms with Crippen LogP contribution in [0.5, 0.6) is 5.88 Å². The molecule has 4 amide bonds. The maximum absolute atomic E-state index is 14.1. The molecule has 3 N–H and O–H groups in total. The summed E-state index contributed by atoms with van der Waals surface area (Å²) in [6.45, 7) is 16.5. The Hall–Kier alpha value is -7.11. The summed E-state index contributed by atoms with van der Waals surface area (Å²) in [7, 11) is 1.52. The summed E-state index contributed by atoms with van der Waals surface area (Å²) in [5, 5.41) is 17.3. The highest BCUT2D eigenvalue weighted by Gasteiger charge is 2.44. The Balaban J connectivity index is 0.787. The van der Waals surface area contributed by atoms with Crippen molar-refractivity contribution in [1.82, 2.24) is 29.3 Å². The molecule has 74 heavy (non-hydrogen) atoms. The first kappa shape index (κ1) is 49.1. The number of hydrogen-bond donors (Lipinski definition) is 3. The lowest BCUT2D eigenvalue weighted by molar-refractivity contribution is -0.111. The molecule has 0 bridgehead atoms. The van der Waals surface area contributed by atoms with Crippen molar-refractivity contribution in [3.8, 4) is 17.1 Å². The molecular weight excluding hydrogens is 935 g/mol. The molecule has 6 aliphatic rings. The number of aliphatic hydroxyl groups excluding tert-OH is 1. The smallest absolute Gasteiger partial charge is 0.276 e. The van der Waals surface area contributed by atoms with Crippen LogP contribution >= 0.6 is 0 Å². The predicted molar refractivity (Wildman–Crippen MR) is 286 cm³/mol. The van der Waals surface area contributed by atoms with Crippen LogP contribution in [-0.2, 0) is 30.8 Å². The number of methoxy groups -OCH3 is 1. The predicted octanol–water partition coefficient (Wildman–Crippen LogP) is 7.99. The minimum absolute atomic E-state index is 0.0144. The average Bonchev–Trinajstić information content (AvgIpc) is 4.00. The third-order valence-corrected chi connectivity index (χ3v) is 16.5. The van der Waals surface area contributed by atoms with Crippen LogP contribution in [0.4, 0.5) is 34.4 Å². The number of carbonyl (C=O) groups excluding carboxylic acids is 4. The van der Waals surface area contributed by atoms with E-state index in [-0.39, 0.29) is 59.7 Å². The highest BCUT2D eigenvalue weighted by atomic mass is 16.5.